The highest BCUT2D eigenvalue weighted by molar-refractivity contribution is 7.10. The van der Waals surface area contributed by atoms with Crippen molar-refractivity contribution < 1.29 is 0 Å². The molecule has 2 aromatic rings. The molecule has 22 heavy (non-hydrogen) atoms. The lowest BCUT2D eigenvalue weighted by Gasteiger charge is -2.25. The van der Waals surface area contributed by atoms with Crippen molar-refractivity contribution in [2.75, 3.05) is 25.0 Å². The highest BCUT2D eigenvalue weighted by Crippen LogP contribution is 2.28. The summed E-state index contributed by atoms with van der Waals surface area (Å²) in [6, 6.07) is 14.6. The van der Waals surface area contributed by atoms with Gasteiger partial charge in [-0.25, -0.2) is 0 Å². The molecule has 5 heteroatoms. The molecule has 4 nitrogen and oxygen atoms in total. The Morgan fingerprint density at radius 2 is 1.95 bits per heavy atom. The van der Waals surface area contributed by atoms with E-state index in [1.807, 2.05) is 30.3 Å². The van der Waals surface area contributed by atoms with E-state index in [9.17, 15) is 0 Å². The lowest BCUT2D eigenvalue weighted by molar-refractivity contribution is 0.255. The van der Waals surface area contributed by atoms with Gasteiger partial charge < -0.3 is 11.1 Å². The molecule has 0 aliphatic carbocycles. The Morgan fingerprint density at radius 3 is 2.64 bits per heavy atom. The average molecular weight is 314 g/mol. The molecule has 1 fully saturated rings. The number of hydrogen-bond donors (Lipinski definition) is 2. The van der Waals surface area contributed by atoms with Crippen molar-refractivity contribution in [3.63, 3.8) is 0 Å². The Kier molecular flexibility index (Phi) is 5.08. The van der Waals surface area contributed by atoms with Crippen LogP contribution in [0.1, 0.15) is 23.8 Å². The van der Waals surface area contributed by atoms with Gasteiger partial charge in [0.1, 0.15) is 0 Å². The van der Waals surface area contributed by atoms with Gasteiger partial charge in [0.25, 0.3) is 0 Å². The molecule has 1 aromatic carbocycles. The maximum atomic E-state index is 6.03. The highest BCUT2D eigenvalue weighted by Gasteiger charge is 2.23. The van der Waals surface area contributed by atoms with Gasteiger partial charge in [-0.1, -0.05) is 24.3 Å². The van der Waals surface area contributed by atoms with Gasteiger partial charge >= 0.3 is 0 Å². The van der Waals surface area contributed by atoms with Crippen molar-refractivity contribution in [1.29, 1.82) is 0 Å². The van der Waals surface area contributed by atoms with E-state index in [0.29, 0.717) is 18.5 Å². The van der Waals surface area contributed by atoms with Crippen molar-refractivity contribution in [3.05, 3.63) is 52.7 Å². The number of likely N-dealkylation sites (tertiary alicyclic amines) is 1. The summed E-state index contributed by atoms with van der Waals surface area (Å²) in [7, 11) is 0. The Bertz CT molecular complexity index is 588. The molecule has 1 unspecified atom stereocenters. The summed E-state index contributed by atoms with van der Waals surface area (Å²) in [5.41, 5.74) is 7.00. The zero-order chi connectivity index (χ0) is 15.2. The normalized spacial score (nSPS) is 17.5. The second-order valence-electron chi connectivity index (χ2n) is 5.49. The molecule has 1 saturated heterocycles. The Morgan fingerprint density at radius 1 is 1.18 bits per heavy atom. The van der Waals surface area contributed by atoms with E-state index in [0.717, 1.165) is 18.8 Å². The number of nitrogens with one attached hydrogen (secondary N) is 1. The zero-order valence-corrected chi connectivity index (χ0v) is 13.4. The van der Waals surface area contributed by atoms with Gasteiger partial charge in [0.15, 0.2) is 5.96 Å². The molecule has 0 bridgehead atoms. The van der Waals surface area contributed by atoms with Crippen LogP contribution in [-0.4, -0.2) is 30.5 Å². The van der Waals surface area contributed by atoms with Gasteiger partial charge in [-0.2, -0.15) is 0 Å². The van der Waals surface area contributed by atoms with Crippen LogP contribution in [-0.2, 0) is 0 Å². The van der Waals surface area contributed by atoms with Gasteiger partial charge in [0.2, 0.25) is 0 Å². The quantitative estimate of drug-likeness (QED) is 0.657. The number of anilines is 1. The van der Waals surface area contributed by atoms with Crippen LogP contribution in [0.25, 0.3) is 0 Å². The predicted octanol–water partition coefficient (Wildman–Crippen LogP) is 3.31. The lowest BCUT2D eigenvalue weighted by Crippen LogP contribution is -2.29. The van der Waals surface area contributed by atoms with Crippen molar-refractivity contribution in [2.45, 2.75) is 18.9 Å². The maximum Gasteiger partial charge on any atom is 0.193 e. The molecule has 2 heterocycles. The number of hydrogen-bond acceptors (Lipinski definition) is 3. The summed E-state index contributed by atoms with van der Waals surface area (Å²) in [4.78, 5) is 8.46. The smallest absolute Gasteiger partial charge is 0.193 e. The molecular formula is C17H22N4S. The molecule has 1 aliphatic rings. The highest BCUT2D eigenvalue weighted by atomic mass is 32.1. The molecule has 116 valence electrons. The third-order valence-electron chi connectivity index (χ3n) is 3.93. The Hall–Kier alpha value is -1.85. The largest absolute Gasteiger partial charge is 0.370 e. The second kappa shape index (κ2) is 7.42. The first-order valence-corrected chi connectivity index (χ1v) is 8.60. The van der Waals surface area contributed by atoms with Crippen molar-refractivity contribution in [1.82, 2.24) is 4.90 Å². The number of guanidine groups is 1. The van der Waals surface area contributed by atoms with Crippen LogP contribution in [0.3, 0.4) is 0 Å². The SMILES string of the molecule is NC(=NCC(c1cccs1)N1CCCC1)Nc1ccccc1. The van der Waals surface area contributed by atoms with Crippen molar-refractivity contribution in [2.24, 2.45) is 10.7 Å². The van der Waals surface area contributed by atoms with Crippen LogP contribution >= 0.6 is 11.3 Å². The molecule has 0 spiro atoms. The number of para-hydroxylation sites is 1. The monoisotopic (exact) mass is 314 g/mol. The number of nitrogens with zero attached hydrogens (tertiary/aromatic N) is 2. The van der Waals surface area contributed by atoms with E-state index in [-0.39, 0.29) is 0 Å². The number of rotatable bonds is 5. The van der Waals surface area contributed by atoms with Gasteiger partial charge in [-0.15, -0.1) is 11.3 Å². The van der Waals surface area contributed by atoms with Gasteiger partial charge in [0, 0.05) is 10.6 Å². The molecule has 3 N–H and O–H groups in total. The van der Waals surface area contributed by atoms with Gasteiger partial charge in [-0.05, 0) is 49.5 Å². The predicted molar refractivity (Wildman–Crippen MR) is 94.4 cm³/mol. The summed E-state index contributed by atoms with van der Waals surface area (Å²) in [6.07, 6.45) is 2.56. The molecule has 1 aromatic heterocycles. The summed E-state index contributed by atoms with van der Waals surface area (Å²) in [6.45, 7) is 3.01. The summed E-state index contributed by atoms with van der Waals surface area (Å²) in [5, 5.41) is 5.28. The van der Waals surface area contributed by atoms with Crippen LogP contribution in [0.2, 0.25) is 0 Å². The molecule has 0 radical (unpaired) electrons. The summed E-state index contributed by atoms with van der Waals surface area (Å²) in [5.74, 6) is 0.479. The maximum absolute atomic E-state index is 6.03. The molecule has 3 rings (SSSR count). The fourth-order valence-corrected chi connectivity index (χ4v) is 3.67. The van der Waals surface area contributed by atoms with Crippen molar-refractivity contribution >= 4 is 23.0 Å². The minimum atomic E-state index is 0.346. The minimum absolute atomic E-state index is 0.346. The number of nitrogens with two attached hydrogens (primary N) is 1. The number of aliphatic imine (C=N–C) groups is 1. The van der Waals surface area contributed by atoms with E-state index < -0.39 is 0 Å². The first-order chi connectivity index (χ1) is 10.8. The third-order valence-corrected chi connectivity index (χ3v) is 4.91. The van der Waals surface area contributed by atoms with E-state index in [1.54, 1.807) is 11.3 Å². The molecular weight excluding hydrogens is 292 g/mol. The summed E-state index contributed by atoms with van der Waals surface area (Å²) >= 11 is 1.80. The lowest BCUT2D eigenvalue weighted by atomic mass is 10.2. The average Bonchev–Trinajstić information content (AvgIpc) is 3.22. The molecule has 1 aliphatic heterocycles. The minimum Gasteiger partial charge on any atom is -0.370 e. The zero-order valence-electron chi connectivity index (χ0n) is 12.6. The van der Waals surface area contributed by atoms with Gasteiger partial charge in [-0.3, -0.25) is 9.89 Å². The fourth-order valence-electron chi connectivity index (χ4n) is 2.81. The van der Waals surface area contributed by atoms with Crippen LogP contribution in [0.4, 0.5) is 5.69 Å². The Balaban J connectivity index is 1.66. The number of benzene rings is 1. The summed E-state index contributed by atoms with van der Waals surface area (Å²) < 4.78 is 0. The van der Waals surface area contributed by atoms with Gasteiger partial charge in [0.05, 0.1) is 12.6 Å². The van der Waals surface area contributed by atoms with E-state index in [2.05, 4.69) is 32.7 Å². The third kappa shape index (κ3) is 3.87. The first-order valence-electron chi connectivity index (χ1n) is 7.72. The number of thiophene rings is 1. The molecule has 0 saturated carbocycles. The van der Waals surface area contributed by atoms with Crippen molar-refractivity contribution in [3.8, 4) is 0 Å². The van der Waals surface area contributed by atoms with Crippen LogP contribution in [0.5, 0.6) is 0 Å². The molecule has 1 atom stereocenters. The van der Waals surface area contributed by atoms with E-state index in [1.165, 1.54) is 17.7 Å². The first kappa shape index (κ1) is 15.1. The van der Waals surface area contributed by atoms with Crippen LogP contribution in [0.15, 0.2) is 52.8 Å². The van der Waals surface area contributed by atoms with E-state index >= 15 is 0 Å². The fraction of sp³-hybridized carbons (Fsp3) is 0.353. The molecule has 0 amide bonds. The van der Waals surface area contributed by atoms with E-state index in [4.69, 9.17) is 5.73 Å². The topological polar surface area (TPSA) is 53.6 Å². The van der Waals surface area contributed by atoms with Crippen LogP contribution in [0, 0.1) is 0 Å². The standard InChI is InChI=1S/C17H22N4S/c18-17(20-14-7-2-1-3-8-14)19-13-15(16-9-6-12-22-16)21-10-4-5-11-21/h1-3,6-9,12,15H,4-5,10-11,13H2,(H3,18,19,20). The second-order valence-corrected chi connectivity index (χ2v) is 6.47. The van der Waals surface area contributed by atoms with Crippen LogP contribution < -0.4 is 11.1 Å². The Labute approximate surface area is 135 Å².